The predicted octanol–water partition coefficient (Wildman–Crippen LogP) is 4.28. The fourth-order valence-electron chi connectivity index (χ4n) is 6.23. The lowest BCUT2D eigenvalue weighted by molar-refractivity contribution is -0.0727. The van der Waals surface area contributed by atoms with Gasteiger partial charge < -0.3 is 5.32 Å². The summed E-state index contributed by atoms with van der Waals surface area (Å²) >= 11 is 6.22. The van der Waals surface area contributed by atoms with Crippen LogP contribution < -0.4 is 5.32 Å². The largest absolute Gasteiger partial charge is 0.347 e. The molecule has 1 heterocycles. The maximum Gasteiger partial charge on any atom is 0.273 e. The van der Waals surface area contributed by atoms with Gasteiger partial charge in [-0.25, -0.2) is 0 Å². The predicted molar refractivity (Wildman–Crippen MR) is 95.1 cm³/mol. The first kappa shape index (κ1) is 16.4. The van der Waals surface area contributed by atoms with Crippen LogP contribution in [0.3, 0.4) is 0 Å². The standard InChI is InChI=1S/C19H28ClN3O/c1-3-16(21-18(24)17-15(20)11-23(4-2)22-17)19-8-12-5-13(9-19)7-14(6-12)10-19/h11-14,16H,3-10H2,1-2H3,(H,21,24). The minimum absolute atomic E-state index is 0.102. The molecule has 1 amide bonds. The Morgan fingerprint density at radius 2 is 1.88 bits per heavy atom. The Kier molecular flexibility index (Phi) is 4.14. The molecule has 0 aliphatic heterocycles. The minimum atomic E-state index is -0.102. The maximum atomic E-state index is 12.8. The van der Waals surface area contributed by atoms with Gasteiger partial charge in [0.1, 0.15) is 0 Å². The molecule has 4 aliphatic carbocycles. The molecule has 1 aromatic heterocycles. The Labute approximate surface area is 149 Å². The van der Waals surface area contributed by atoms with Gasteiger partial charge in [-0.15, -0.1) is 0 Å². The van der Waals surface area contributed by atoms with E-state index in [1.54, 1.807) is 10.9 Å². The van der Waals surface area contributed by atoms with Crippen molar-refractivity contribution in [3.63, 3.8) is 0 Å². The fraction of sp³-hybridized carbons (Fsp3) is 0.789. The number of aryl methyl sites for hydroxylation is 1. The van der Waals surface area contributed by atoms with Crippen molar-refractivity contribution >= 4 is 17.5 Å². The Morgan fingerprint density at radius 3 is 2.33 bits per heavy atom. The van der Waals surface area contributed by atoms with E-state index in [1.807, 2.05) is 6.92 Å². The number of aromatic nitrogens is 2. The second-order valence-electron chi connectivity index (χ2n) is 8.40. The van der Waals surface area contributed by atoms with Crippen molar-refractivity contribution in [2.75, 3.05) is 0 Å². The van der Waals surface area contributed by atoms with Gasteiger partial charge in [-0.1, -0.05) is 18.5 Å². The highest BCUT2D eigenvalue weighted by molar-refractivity contribution is 6.33. The molecule has 4 nitrogen and oxygen atoms in total. The summed E-state index contributed by atoms with van der Waals surface area (Å²) in [7, 11) is 0. The molecule has 1 aromatic rings. The van der Waals surface area contributed by atoms with Crippen LogP contribution in [0.1, 0.15) is 69.3 Å². The van der Waals surface area contributed by atoms with E-state index in [9.17, 15) is 4.79 Å². The third-order valence-electron chi connectivity index (χ3n) is 6.79. The van der Waals surface area contributed by atoms with E-state index < -0.39 is 0 Å². The smallest absolute Gasteiger partial charge is 0.273 e. The van der Waals surface area contributed by atoms with Crippen LogP contribution in [0.4, 0.5) is 0 Å². The lowest BCUT2D eigenvalue weighted by Gasteiger charge is -2.59. The molecule has 5 rings (SSSR count). The van der Waals surface area contributed by atoms with E-state index in [0.717, 1.165) is 30.7 Å². The topological polar surface area (TPSA) is 46.9 Å². The lowest BCUT2D eigenvalue weighted by atomic mass is 9.47. The lowest BCUT2D eigenvalue weighted by Crippen LogP contribution is -2.56. The van der Waals surface area contributed by atoms with Crippen molar-refractivity contribution in [2.45, 2.75) is 71.4 Å². The number of hydrogen-bond donors (Lipinski definition) is 1. The second kappa shape index (κ2) is 6.05. The average molecular weight is 350 g/mol. The monoisotopic (exact) mass is 349 g/mol. The quantitative estimate of drug-likeness (QED) is 0.862. The normalized spacial score (nSPS) is 35.2. The first-order valence-electron chi connectivity index (χ1n) is 9.56. The summed E-state index contributed by atoms with van der Waals surface area (Å²) < 4.78 is 1.73. The van der Waals surface area contributed by atoms with Crippen molar-refractivity contribution in [1.29, 1.82) is 0 Å². The first-order chi connectivity index (χ1) is 11.5. The van der Waals surface area contributed by atoms with Gasteiger partial charge in [0, 0.05) is 18.8 Å². The highest BCUT2D eigenvalue weighted by Gasteiger charge is 2.54. The van der Waals surface area contributed by atoms with Gasteiger partial charge in [0.05, 0.1) is 5.02 Å². The second-order valence-corrected chi connectivity index (χ2v) is 8.80. The summed E-state index contributed by atoms with van der Waals surface area (Å²) in [6.07, 6.45) is 10.9. The van der Waals surface area contributed by atoms with Crippen LogP contribution in [0, 0.1) is 23.2 Å². The summed E-state index contributed by atoms with van der Waals surface area (Å²) in [5, 5.41) is 8.11. The summed E-state index contributed by atoms with van der Waals surface area (Å²) in [6.45, 7) is 4.92. The maximum absolute atomic E-state index is 12.8. The number of nitrogens with zero attached hydrogens (tertiary/aromatic N) is 2. The summed E-state index contributed by atoms with van der Waals surface area (Å²) in [4.78, 5) is 12.8. The molecule has 4 fully saturated rings. The van der Waals surface area contributed by atoms with E-state index in [-0.39, 0.29) is 11.9 Å². The zero-order chi connectivity index (χ0) is 16.9. The van der Waals surface area contributed by atoms with Gasteiger partial charge in [-0.05, 0) is 75.0 Å². The third kappa shape index (κ3) is 2.67. The van der Waals surface area contributed by atoms with Crippen LogP contribution in [-0.4, -0.2) is 21.7 Å². The zero-order valence-electron chi connectivity index (χ0n) is 14.7. The molecule has 5 heteroatoms. The number of carbonyl (C=O) groups excluding carboxylic acids is 1. The number of rotatable bonds is 5. The van der Waals surface area contributed by atoms with Crippen LogP contribution in [-0.2, 0) is 6.54 Å². The Morgan fingerprint density at radius 1 is 1.29 bits per heavy atom. The molecule has 4 aliphatic rings. The van der Waals surface area contributed by atoms with Gasteiger partial charge in [0.15, 0.2) is 5.69 Å². The van der Waals surface area contributed by atoms with Crippen molar-refractivity contribution in [2.24, 2.45) is 23.2 Å². The van der Waals surface area contributed by atoms with Gasteiger partial charge in [0.25, 0.3) is 5.91 Å². The molecule has 1 N–H and O–H groups in total. The van der Waals surface area contributed by atoms with Crippen LogP contribution >= 0.6 is 11.6 Å². The number of nitrogens with one attached hydrogen (secondary N) is 1. The SMILES string of the molecule is CCC(NC(=O)c1nn(CC)cc1Cl)C12CC3CC(CC(C3)C1)C2. The number of hydrogen-bond acceptors (Lipinski definition) is 2. The highest BCUT2D eigenvalue weighted by Crippen LogP contribution is 2.61. The Hall–Kier alpha value is -1.03. The van der Waals surface area contributed by atoms with E-state index in [4.69, 9.17) is 11.6 Å². The highest BCUT2D eigenvalue weighted by atomic mass is 35.5. The molecular weight excluding hydrogens is 322 g/mol. The molecule has 132 valence electrons. The van der Waals surface area contributed by atoms with Crippen molar-refractivity contribution in [3.05, 3.63) is 16.9 Å². The summed E-state index contributed by atoms with van der Waals surface area (Å²) in [5.74, 6) is 2.58. The molecule has 24 heavy (non-hydrogen) atoms. The van der Waals surface area contributed by atoms with E-state index >= 15 is 0 Å². The summed E-state index contributed by atoms with van der Waals surface area (Å²) in [5.41, 5.74) is 0.695. The van der Waals surface area contributed by atoms with E-state index in [1.165, 1.54) is 38.5 Å². The van der Waals surface area contributed by atoms with E-state index in [2.05, 4.69) is 17.3 Å². The van der Waals surface area contributed by atoms with Crippen molar-refractivity contribution in [3.8, 4) is 0 Å². The summed E-state index contributed by atoms with van der Waals surface area (Å²) in [6, 6.07) is 0.251. The molecule has 4 bridgehead atoms. The van der Waals surface area contributed by atoms with Crippen molar-refractivity contribution < 1.29 is 4.79 Å². The molecule has 0 spiro atoms. The van der Waals surface area contributed by atoms with Gasteiger partial charge in [0.2, 0.25) is 0 Å². The third-order valence-corrected chi connectivity index (χ3v) is 7.07. The molecule has 1 unspecified atom stereocenters. The van der Waals surface area contributed by atoms with Crippen LogP contribution in [0.2, 0.25) is 5.02 Å². The number of amides is 1. The molecule has 0 aromatic carbocycles. The van der Waals surface area contributed by atoms with E-state index in [0.29, 0.717) is 16.1 Å². The van der Waals surface area contributed by atoms with Crippen LogP contribution in [0.25, 0.3) is 0 Å². The molecular formula is C19H28ClN3O. The Bertz CT molecular complexity index is 603. The molecule has 1 atom stereocenters. The number of carbonyl (C=O) groups is 1. The minimum Gasteiger partial charge on any atom is -0.347 e. The number of halogens is 1. The van der Waals surface area contributed by atoms with Crippen LogP contribution in [0.5, 0.6) is 0 Å². The van der Waals surface area contributed by atoms with Gasteiger partial charge in [-0.2, -0.15) is 5.10 Å². The van der Waals surface area contributed by atoms with Crippen molar-refractivity contribution in [1.82, 2.24) is 15.1 Å². The average Bonchev–Trinajstić information content (AvgIpc) is 2.92. The molecule has 0 saturated heterocycles. The van der Waals surface area contributed by atoms with Gasteiger partial charge in [-0.3, -0.25) is 9.48 Å². The zero-order valence-corrected chi connectivity index (χ0v) is 15.5. The fourth-order valence-corrected chi connectivity index (χ4v) is 6.47. The molecule has 4 saturated carbocycles. The van der Waals surface area contributed by atoms with Gasteiger partial charge >= 0.3 is 0 Å². The molecule has 0 radical (unpaired) electrons. The first-order valence-corrected chi connectivity index (χ1v) is 9.94. The Balaban J connectivity index is 1.53. The van der Waals surface area contributed by atoms with Crippen LogP contribution in [0.15, 0.2) is 6.20 Å².